The first-order valence-corrected chi connectivity index (χ1v) is 5.96. The summed E-state index contributed by atoms with van der Waals surface area (Å²) in [6.07, 6.45) is 1.14. The van der Waals surface area contributed by atoms with Gasteiger partial charge < -0.3 is 9.73 Å². The molecule has 0 saturated heterocycles. The van der Waals surface area contributed by atoms with Crippen molar-refractivity contribution < 1.29 is 23.3 Å². The predicted octanol–water partition coefficient (Wildman–Crippen LogP) is 2.05. The van der Waals surface area contributed by atoms with Crippen molar-refractivity contribution in [2.75, 3.05) is 0 Å². The molecule has 2 rings (SSSR count). The number of aromatic hydroxyl groups is 1. The van der Waals surface area contributed by atoms with E-state index in [0.717, 1.165) is 10.9 Å². The first-order chi connectivity index (χ1) is 7.53. The van der Waals surface area contributed by atoms with Crippen molar-refractivity contribution >= 4 is 30.6 Å². The number of para-hydroxylation sites is 1. The number of hydrogen-bond acceptors (Lipinski definition) is 4. The molecular weight excluding hydrogens is 257 g/mol. The summed E-state index contributed by atoms with van der Waals surface area (Å²) in [5, 5.41) is 10.00. The number of rotatable bonds is 3. The van der Waals surface area contributed by atoms with Gasteiger partial charge in [-0.05, 0) is 12.1 Å². The number of hydrogen-bond donors (Lipinski definition) is 2. The molecule has 1 aromatic carbocycles. The maximum absolute atomic E-state index is 11.1. The van der Waals surface area contributed by atoms with Crippen LogP contribution >= 0.6 is 19.7 Å². The Balaban J connectivity index is 2.50. The third-order valence-corrected chi connectivity index (χ3v) is 3.02. The SMILES string of the molecule is O=P(O)(OCl)On1cc(O)c2ccccc21. The average Bonchev–Trinajstić information content (AvgIpc) is 2.56. The molecule has 0 radical (unpaired) electrons. The van der Waals surface area contributed by atoms with Gasteiger partial charge in [-0.25, -0.2) is 4.57 Å². The van der Waals surface area contributed by atoms with E-state index in [-0.39, 0.29) is 5.75 Å². The van der Waals surface area contributed by atoms with Gasteiger partial charge in [0.1, 0.15) is 5.75 Å². The van der Waals surface area contributed by atoms with E-state index >= 15 is 0 Å². The number of halogens is 1. The summed E-state index contributed by atoms with van der Waals surface area (Å²) < 4.78 is 20.4. The summed E-state index contributed by atoms with van der Waals surface area (Å²) >= 11 is 4.79. The van der Waals surface area contributed by atoms with Crippen LogP contribution in [0.5, 0.6) is 5.75 Å². The molecular formula is C8H7ClNO5P. The fourth-order valence-electron chi connectivity index (χ4n) is 1.32. The molecule has 0 saturated carbocycles. The van der Waals surface area contributed by atoms with Gasteiger partial charge in [-0.3, -0.25) is 4.89 Å². The molecule has 0 aliphatic heterocycles. The number of fused-ring (bicyclic) bond motifs is 1. The zero-order chi connectivity index (χ0) is 11.8. The molecule has 1 aromatic heterocycles. The van der Waals surface area contributed by atoms with Crippen LogP contribution in [-0.2, 0) is 8.64 Å². The second kappa shape index (κ2) is 3.99. The Morgan fingerprint density at radius 2 is 2.06 bits per heavy atom. The number of nitrogens with zero attached hydrogens (tertiary/aromatic N) is 1. The van der Waals surface area contributed by atoms with Crippen molar-refractivity contribution in [3.63, 3.8) is 0 Å². The highest BCUT2D eigenvalue weighted by atomic mass is 35.5. The van der Waals surface area contributed by atoms with Gasteiger partial charge in [0, 0.05) is 5.39 Å². The molecule has 0 bridgehead atoms. The molecule has 0 aliphatic rings. The Kier molecular flexibility index (Phi) is 2.82. The lowest BCUT2D eigenvalue weighted by Gasteiger charge is -2.09. The molecule has 0 amide bonds. The van der Waals surface area contributed by atoms with Crippen LogP contribution < -0.4 is 4.62 Å². The van der Waals surface area contributed by atoms with Crippen molar-refractivity contribution in [3.8, 4) is 5.75 Å². The van der Waals surface area contributed by atoms with Crippen molar-refractivity contribution in [2.45, 2.75) is 0 Å². The van der Waals surface area contributed by atoms with Crippen LogP contribution in [0.15, 0.2) is 30.5 Å². The number of aromatic nitrogens is 1. The van der Waals surface area contributed by atoms with Crippen LogP contribution in [0.2, 0.25) is 0 Å². The van der Waals surface area contributed by atoms with Crippen LogP contribution in [0.3, 0.4) is 0 Å². The molecule has 6 nitrogen and oxygen atoms in total. The zero-order valence-electron chi connectivity index (χ0n) is 7.78. The minimum absolute atomic E-state index is 0.0785. The Hall–Kier alpha value is -1.20. The monoisotopic (exact) mass is 263 g/mol. The molecule has 2 N–H and O–H groups in total. The van der Waals surface area contributed by atoms with Crippen LogP contribution in [-0.4, -0.2) is 14.7 Å². The minimum Gasteiger partial charge on any atom is -0.506 e. The summed E-state index contributed by atoms with van der Waals surface area (Å²) in [6.45, 7) is 0. The lowest BCUT2D eigenvalue weighted by atomic mass is 10.2. The highest BCUT2D eigenvalue weighted by Crippen LogP contribution is 2.42. The van der Waals surface area contributed by atoms with Crippen molar-refractivity contribution in [3.05, 3.63) is 30.5 Å². The first-order valence-electron chi connectivity index (χ1n) is 4.16. The topological polar surface area (TPSA) is 80.9 Å². The summed E-state index contributed by atoms with van der Waals surface area (Å²) in [6, 6.07) is 6.63. The zero-order valence-corrected chi connectivity index (χ0v) is 9.43. The predicted molar refractivity (Wildman–Crippen MR) is 56.9 cm³/mol. The van der Waals surface area contributed by atoms with Crippen molar-refractivity contribution in [1.82, 2.24) is 4.73 Å². The van der Waals surface area contributed by atoms with E-state index in [9.17, 15) is 9.67 Å². The lowest BCUT2D eigenvalue weighted by molar-refractivity contribution is 0.194. The molecule has 1 unspecified atom stereocenters. The molecule has 1 atom stereocenters. The summed E-state index contributed by atoms with van der Waals surface area (Å²) in [5.41, 5.74) is 0.419. The van der Waals surface area contributed by atoms with E-state index in [1.165, 1.54) is 0 Å². The smallest absolute Gasteiger partial charge is 0.506 e. The van der Waals surface area contributed by atoms with Gasteiger partial charge in [0.2, 0.25) is 0 Å². The largest absolute Gasteiger partial charge is 0.563 e. The quantitative estimate of drug-likeness (QED) is 0.828. The second-order valence-electron chi connectivity index (χ2n) is 2.98. The summed E-state index contributed by atoms with van der Waals surface area (Å²) in [5.74, 6) is -0.0785. The van der Waals surface area contributed by atoms with Crippen LogP contribution in [0, 0.1) is 0 Å². The fourth-order valence-corrected chi connectivity index (χ4v) is 1.78. The molecule has 1 heterocycles. The first kappa shape index (κ1) is 11.3. The standard InChI is InChI=1S/C8H7ClNO5P/c9-14-16(12,13)15-10-5-8(11)6-3-1-2-4-7(6)10/h1-5,11H,(H,12,13). The van der Waals surface area contributed by atoms with Gasteiger partial charge in [-0.1, -0.05) is 12.1 Å². The fraction of sp³-hybridized carbons (Fsp3) is 0. The van der Waals surface area contributed by atoms with Crippen LogP contribution in [0.4, 0.5) is 0 Å². The van der Waals surface area contributed by atoms with E-state index in [1.54, 1.807) is 24.3 Å². The molecule has 0 fully saturated rings. The van der Waals surface area contributed by atoms with Gasteiger partial charge in [-0.15, -0.1) is 0 Å². The normalized spacial score (nSPS) is 14.9. The molecule has 16 heavy (non-hydrogen) atoms. The van der Waals surface area contributed by atoms with E-state index in [0.29, 0.717) is 10.9 Å². The number of benzene rings is 1. The van der Waals surface area contributed by atoms with Gasteiger partial charge >= 0.3 is 7.82 Å². The maximum atomic E-state index is 11.1. The van der Waals surface area contributed by atoms with Gasteiger partial charge in [0.25, 0.3) is 0 Å². The van der Waals surface area contributed by atoms with E-state index in [2.05, 4.69) is 8.70 Å². The van der Waals surface area contributed by atoms with Crippen LogP contribution in [0.25, 0.3) is 10.9 Å². The minimum atomic E-state index is -4.37. The highest BCUT2D eigenvalue weighted by Gasteiger charge is 2.24. The third kappa shape index (κ3) is 2.01. The summed E-state index contributed by atoms with van der Waals surface area (Å²) in [4.78, 5) is 9.02. The van der Waals surface area contributed by atoms with E-state index < -0.39 is 7.82 Å². The molecule has 2 aromatic rings. The Morgan fingerprint density at radius 1 is 1.38 bits per heavy atom. The van der Waals surface area contributed by atoms with Crippen LogP contribution in [0.1, 0.15) is 0 Å². The summed E-state index contributed by atoms with van der Waals surface area (Å²) in [7, 11) is -4.37. The second-order valence-corrected chi connectivity index (χ2v) is 4.63. The molecule has 0 aliphatic carbocycles. The Morgan fingerprint density at radius 3 is 2.75 bits per heavy atom. The average molecular weight is 264 g/mol. The third-order valence-electron chi connectivity index (χ3n) is 1.94. The van der Waals surface area contributed by atoms with Gasteiger partial charge in [0.05, 0.1) is 23.6 Å². The lowest BCUT2D eigenvalue weighted by Crippen LogP contribution is -2.06. The number of phosphoric acid groups is 1. The van der Waals surface area contributed by atoms with Crippen molar-refractivity contribution in [1.29, 1.82) is 0 Å². The molecule has 86 valence electrons. The van der Waals surface area contributed by atoms with Gasteiger partial charge in [0.15, 0.2) is 0 Å². The Bertz CT molecular complexity index is 569. The molecule has 0 spiro atoms. The van der Waals surface area contributed by atoms with Gasteiger partial charge in [-0.2, -0.15) is 8.81 Å². The van der Waals surface area contributed by atoms with Crippen molar-refractivity contribution in [2.24, 2.45) is 0 Å². The molecule has 8 heteroatoms. The van der Waals surface area contributed by atoms with E-state index in [4.69, 9.17) is 16.8 Å². The highest BCUT2D eigenvalue weighted by molar-refractivity contribution is 7.48. The Labute approximate surface area is 95.3 Å². The van der Waals surface area contributed by atoms with E-state index in [1.807, 2.05) is 0 Å². The maximum Gasteiger partial charge on any atom is 0.563 e.